The first kappa shape index (κ1) is 14.5. The molecule has 0 aromatic heterocycles. The SMILES string of the molecule is CCC(C)NCC(=O)NC1CCC(C)(C)CC1. The van der Waals surface area contributed by atoms with Crippen LogP contribution in [0.5, 0.6) is 0 Å². The molecule has 0 radical (unpaired) electrons. The van der Waals surface area contributed by atoms with Gasteiger partial charge in [0.2, 0.25) is 5.91 Å². The van der Waals surface area contributed by atoms with Crippen LogP contribution in [0.2, 0.25) is 0 Å². The Balaban J connectivity index is 2.19. The average molecular weight is 240 g/mol. The number of hydrogen-bond acceptors (Lipinski definition) is 2. The van der Waals surface area contributed by atoms with Gasteiger partial charge in [0.15, 0.2) is 0 Å². The van der Waals surface area contributed by atoms with Gasteiger partial charge in [0, 0.05) is 12.1 Å². The number of rotatable bonds is 5. The first-order valence-corrected chi connectivity index (χ1v) is 6.95. The van der Waals surface area contributed by atoms with Crippen molar-refractivity contribution >= 4 is 5.91 Å². The number of hydrogen-bond donors (Lipinski definition) is 2. The summed E-state index contributed by atoms with van der Waals surface area (Å²) in [5, 5.41) is 6.36. The van der Waals surface area contributed by atoms with Gasteiger partial charge in [-0.25, -0.2) is 0 Å². The van der Waals surface area contributed by atoms with Crippen LogP contribution in [-0.2, 0) is 4.79 Å². The van der Waals surface area contributed by atoms with Crippen molar-refractivity contribution in [3.05, 3.63) is 0 Å². The molecular weight excluding hydrogens is 212 g/mol. The summed E-state index contributed by atoms with van der Waals surface area (Å²) in [7, 11) is 0. The predicted molar refractivity (Wildman–Crippen MR) is 71.9 cm³/mol. The third-order valence-electron chi connectivity index (χ3n) is 3.93. The van der Waals surface area contributed by atoms with Crippen LogP contribution in [0.3, 0.4) is 0 Å². The molecule has 3 nitrogen and oxygen atoms in total. The lowest BCUT2D eigenvalue weighted by Crippen LogP contribution is -2.44. The highest BCUT2D eigenvalue weighted by Gasteiger charge is 2.27. The Hall–Kier alpha value is -0.570. The van der Waals surface area contributed by atoms with Crippen LogP contribution in [0.4, 0.5) is 0 Å². The topological polar surface area (TPSA) is 41.1 Å². The van der Waals surface area contributed by atoms with Crippen molar-refractivity contribution < 1.29 is 4.79 Å². The number of carbonyl (C=O) groups is 1. The van der Waals surface area contributed by atoms with E-state index >= 15 is 0 Å². The molecule has 1 aliphatic rings. The number of carbonyl (C=O) groups excluding carboxylic acids is 1. The van der Waals surface area contributed by atoms with Gasteiger partial charge >= 0.3 is 0 Å². The molecule has 0 spiro atoms. The molecule has 1 fully saturated rings. The molecular formula is C14H28N2O. The van der Waals surface area contributed by atoms with E-state index in [-0.39, 0.29) is 5.91 Å². The minimum Gasteiger partial charge on any atom is -0.352 e. The fraction of sp³-hybridized carbons (Fsp3) is 0.929. The Morgan fingerprint density at radius 3 is 2.47 bits per heavy atom. The molecule has 0 aromatic carbocycles. The Kier molecular flexibility index (Phi) is 5.44. The van der Waals surface area contributed by atoms with Crippen molar-refractivity contribution in [3.8, 4) is 0 Å². The van der Waals surface area contributed by atoms with Gasteiger partial charge in [-0.3, -0.25) is 4.79 Å². The van der Waals surface area contributed by atoms with Gasteiger partial charge in [-0.2, -0.15) is 0 Å². The molecule has 1 amide bonds. The van der Waals surface area contributed by atoms with E-state index in [0.717, 1.165) is 19.3 Å². The van der Waals surface area contributed by atoms with Gasteiger partial charge in [0.25, 0.3) is 0 Å². The highest BCUT2D eigenvalue weighted by molar-refractivity contribution is 5.78. The third kappa shape index (κ3) is 5.53. The summed E-state index contributed by atoms with van der Waals surface area (Å²) < 4.78 is 0. The zero-order valence-electron chi connectivity index (χ0n) is 11.8. The molecule has 0 saturated heterocycles. The molecule has 17 heavy (non-hydrogen) atoms. The summed E-state index contributed by atoms with van der Waals surface area (Å²) in [6.07, 6.45) is 5.75. The maximum Gasteiger partial charge on any atom is 0.234 e. The van der Waals surface area contributed by atoms with Crippen molar-refractivity contribution in [2.24, 2.45) is 5.41 Å². The number of nitrogens with one attached hydrogen (secondary N) is 2. The second-order valence-electron chi connectivity index (χ2n) is 6.20. The van der Waals surface area contributed by atoms with Crippen LogP contribution in [0.25, 0.3) is 0 Å². The summed E-state index contributed by atoms with van der Waals surface area (Å²) in [6, 6.07) is 0.820. The maximum absolute atomic E-state index is 11.7. The molecule has 2 N–H and O–H groups in total. The van der Waals surface area contributed by atoms with Crippen LogP contribution in [0.15, 0.2) is 0 Å². The predicted octanol–water partition coefficient (Wildman–Crippen LogP) is 2.46. The zero-order chi connectivity index (χ0) is 12.9. The summed E-state index contributed by atoms with van der Waals surface area (Å²) in [5.41, 5.74) is 0.468. The summed E-state index contributed by atoms with van der Waals surface area (Å²) in [4.78, 5) is 11.7. The van der Waals surface area contributed by atoms with Gasteiger partial charge in [-0.05, 0) is 44.4 Å². The van der Waals surface area contributed by atoms with Crippen molar-refractivity contribution in [1.82, 2.24) is 10.6 Å². The van der Waals surface area contributed by atoms with E-state index in [1.807, 2.05) is 0 Å². The van der Waals surface area contributed by atoms with Gasteiger partial charge in [0.05, 0.1) is 6.54 Å². The summed E-state index contributed by atoms with van der Waals surface area (Å²) in [6.45, 7) is 9.31. The first-order valence-electron chi connectivity index (χ1n) is 6.95. The summed E-state index contributed by atoms with van der Waals surface area (Å²) >= 11 is 0. The van der Waals surface area contributed by atoms with Crippen LogP contribution in [-0.4, -0.2) is 24.5 Å². The van der Waals surface area contributed by atoms with Crippen molar-refractivity contribution in [1.29, 1.82) is 0 Å². The molecule has 100 valence electrons. The van der Waals surface area contributed by atoms with Crippen molar-refractivity contribution in [2.75, 3.05) is 6.54 Å². The van der Waals surface area contributed by atoms with Crippen LogP contribution in [0, 0.1) is 5.41 Å². The molecule has 0 heterocycles. The van der Waals surface area contributed by atoms with Crippen molar-refractivity contribution in [2.45, 2.75) is 71.9 Å². The van der Waals surface area contributed by atoms with E-state index in [9.17, 15) is 4.79 Å². The molecule has 3 heteroatoms. The van der Waals surface area contributed by atoms with Gasteiger partial charge < -0.3 is 10.6 Å². The Labute approximate surface area is 106 Å². The third-order valence-corrected chi connectivity index (χ3v) is 3.93. The first-order chi connectivity index (χ1) is 7.93. The molecule has 1 rings (SSSR count). The fourth-order valence-corrected chi connectivity index (χ4v) is 2.23. The lowest BCUT2D eigenvalue weighted by atomic mass is 9.75. The largest absolute Gasteiger partial charge is 0.352 e. The quantitative estimate of drug-likeness (QED) is 0.775. The zero-order valence-corrected chi connectivity index (χ0v) is 11.8. The van der Waals surface area contributed by atoms with Gasteiger partial charge in [-0.15, -0.1) is 0 Å². The maximum atomic E-state index is 11.7. The smallest absolute Gasteiger partial charge is 0.234 e. The Morgan fingerprint density at radius 2 is 1.94 bits per heavy atom. The fourth-order valence-electron chi connectivity index (χ4n) is 2.23. The normalized spacial score (nSPS) is 22.1. The molecule has 0 aliphatic heterocycles. The Bertz CT molecular complexity index is 241. The molecule has 1 unspecified atom stereocenters. The molecule has 1 saturated carbocycles. The van der Waals surface area contributed by atoms with Crippen LogP contribution in [0.1, 0.15) is 59.8 Å². The van der Waals surface area contributed by atoms with E-state index in [1.54, 1.807) is 0 Å². The second kappa shape index (κ2) is 6.39. The minimum atomic E-state index is 0.148. The van der Waals surface area contributed by atoms with Crippen molar-refractivity contribution in [3.63, 3.8) is 0 Å². The van der Waals surface area contributed by atoms with E-state index in [4.69, 9.17) is 0 Å². The van der Waals surface area contributed by atoms with Crippen LogP contribution < -0.4 is 10.6 Å². The van der Waals surface area contributed by atoms with Crippen LogP contribution >= 0.6 is 0 Å². The van der Waals surface area contributed by atoms with Gasteiger partial charge in [0.1, 0.15) is 0 Å². The lowest BCUT2D eigenvalue weighted by Gasteiger charge is -2.34. The molecule has 0 bridgehead atoms. The number of amides is 1. The standard InChI is InChI=1S/C14H28N2O/c1-5-11(2)15-10-13(17)16-12-6-8-14(3,4)9-7-12/h11-12,15H,5-10H2,1-4H3,(H,16,17). The minimum absolute atomic E-state index is 0.148. The molecule has 0 aromatic rings. The summed E-state index contributed by atoms with van der Waals surface area (Å²) in [5.74, 6) is 0.148. The second-order valence-corrected chi connectivity index (χ2v) is 6.20. The lowest BCUT2D eigenvalue weighted by molar-refractivity contribution is -0.121. The van der Waals surface area contributed by atoms with E-state index in [2.05, 4.69) is 38.3 Å². The van der Waals surface area contributed by atoms with E-state index in [0.29, 0.717) is 24.0 Å². The Morgan fingerprint density at radius 1 is 1.35 bits per heavy atom. The molecule has 1 aliphatic carbocycles. The van der Waals surface area contributed by atoms with E-state index < -0.39 is 0 Å². The highest BCUT2D eigenvalue weighted by atomic mass is 16.1. The molecule has 1 atom stereocenters. The monoisotopic (exact) mass is 240 g/mol. The van der Waals surface area contributed by atoms with E-state index in [1.165, 1.54) is 12.8 Å². The average Bonchev–Trinajstić information content (AvgIpc) is 2.29. The highest BCUT2D eigenvalue weighted by Crippen LogP contribution is 2.34. The van der Waals surface area contributed by atoms with Gasteiger partial charge in [-0.1, -0.05) is 20.8 Å².